The normalized spacial score (nSPS) is 22.4. The number of hydrogen-bond acceptors (Lipinski definition) is 4. The highest BCUT2D eigenvalue weighted by Gasteiger charge is 2.39. The number of aliphatic hydroxyl groups is 1. The molecule has 1 aliphatic carbocycles. The fourth-order valence-electron chi connectivity index (χ4n) is 4.42. The van der Waals surface area contributed by atoms with E-state index < -0.39 is 0 Å². The highest BCUT2D eigenvalue weighted by Crippen LogP contribution is 2.48. The molecule has 0 bridgehead atoms. The molecule has 1 heterocycles. The van der Waals surface area contributed by atoms with Gasteiger partial charge in [0.15, 0.2) is 12.0 Å². The minimum atomic E-state index is -0.298. The van der Waals surface area contributed by atoms with Gasteiger partial charge in [0.25, 0.3) is 0 Å². The molecule has 1 saturated carbocycles. The predicted octanol–water partition coefficient (Wildman–Crippen LogP) is 4.77. The Morgan fingerprint density at radius 3 is 2.55 bits per heavy atom. The number of carbonyl (C=O) groups excluding carboxylic acids is 1. The van der Waals surface area contributed by atoms with Crippen LogP contribution >= 0.6 is 0 Å². The standard InChI is InChI=1S/C24H35N3O2/c1-6-8-9-12-20(7-2)24(13-10-11-14-24)17-22(25-4)27-16-15-26(5)19(3)23(27)21(29)18-28/h7-9,12,18,29H,2-3,6,10-11,13-17H2,1,4-5H3/b9-8-,20-12+,23-21+,25-22-. The molecule has 1 N–H and O–H groups in total. The summed E-state index contributed by atoms with van der Waals surface area (Å²) in [5.41, 5.74) is 2.30. The van der Waals surface area contributed by atoms with E-state index in [0.717, 1.165) is 38.1 Å². The molecule has 5 nitrogen and oxygen atoms in total. The Balaban J connectivity index is 2.43. The number of rotatable bonds is 7. The van der Waals surface area contributed by atoms with Crippen LogP contribution in [-0.4, -0.2) is 54.2 Å². The van der Waals surface area contributed by atoms with Crippen molar-refractivity contribution in [2.45, 2.75) is 45.4 Å². The fourth-order valence-corrected chi connectivity index (χ4v) is 4.42. The second-order valence-electron chi connectivity index (χ2n) is 7.84. The number of aldehydes is 1. The Bertz CT molecular complexity index is 752. The lowest BCUT2D eigenvalue weighted by Gasteiger charge is -2.41. The summed E-state index contributed by atoms with van der Waals surface area (Å²) in [6, 6.07) is 0. The van der Waals surface area contributed by atoms with Crippen molar-refractivity contribution in [2.75, 3.05) is 27.2 Å². The van der Waals surface area contributed by atoms with Crippen LogP contribution in [0.1, 0.15) is 45.4 Å². The van der Waals surface area contributed by atoms with Gasteiger partial charge in [0.05, 0.1) is 5.70 Å². The van der Waals surface area contributed by atoms with E-state index in [0.29, 0.717) is 24.2 Å². The van der Waals surface area contributed by atoms with Crippen molar-refractivity contribution in [1.29, 1.82) is 0 Å². The zero-order chi connectivity index (χ0) is 21.4. The first-order chi connectivity index (χ1) is 13.9. The summed E-state index contributed by atoms with van der Waals surface area (Å²) < 4.78 is 0. The SMILES string of the molecule is C=C/C(=C\C=C/CC)C1(C/C(=N/C)N2CCN(C)C(=C)/C2=C(\O)C=O)CCCC1. The molecule has 2 rings (SSSR count). The van der Waals surface area contributed by atoms with E-state index in [-0.39, 0.29) is 11.2 Å². The zero-order valence-electron chi connectivity index (χ0n) is 18.2. The molecular formula is C24H35N3O2. The fraction of sp³-hybridized carbons (Fsp3) is 0.500. The highest BCUT2D eigenvalue weighted by atomic mass is 16.3. The molecule has 0 aromatic carbocycles. The van der Waals surface area contributed by atoms with Gasteiger partial charge in [-0.3, -0.25) is 9.79 Å². The number of carbonyl (C=O) groups is 1. The van der Waals surface area contributed by atoms with Gasteiger partial charge < -0.3 is 14.9 Å². The molecule has 0 aromatic heterocycles. The van der Waals surface area contributed by atoms with Gasteiger partial charge in [-0.1, -0.05) is 57.2 Å². The van der Waals surface area contributed by atoms with Crippen LogP contribution in [0.2, 0.25) is 0 Å². The lowest BCUT2D eigenvalue weighted by molar-refractivity contribution is -0.107. The maximum Gasteiger partial charge on any atom is 0.186 e. The summed E-state index contributed by atoms with van der Waals surface area (Å²) in [5.74, 6) is 0.574. The van der Waals surface area contributed by atoms with Crippen LogP contribution in [0.5, 0.6) is 0 Å². The van der Waals surface area contributed by atoms with Gasteiger partial charge in [-0.15, -0.1) is 0 Å². The van der Waals surface area contributed by atoms with Gasteiger partial charge in [0.2, 0.25) is 0 Å². The van der Waals surface area contributed by atoms with Crippen molar-refractivity contribution >= 4 is 12.1 Å². The molecule has 0 atom stereocenters. The molecule has 1 aliphatic heterocycles. The number of amidine groups is 1. The molecule has 2 aliphatic rings. The van der Waals surface area contributed by atoms with Crippen LogP contribution in [-0.2, 0) is 4.79 Å². The number of hydrogen-bond donors (Lipinski definition) is 1. The largest absolute Gasteiger partial charge is 0.503 e. The maximum absolute atomic E-state index is 11.4. The smallest absolute Gasteiger partial charge is 0.186 e. The third-order valence-corrected chi connectivity index (χ3v) is 6.12. The number of aliphatic imine (C=N–C) groups is 1. The lowest BCUT2D eigenvalue weighted by atomic mass is 9.74. The molecular weight excluding hydrogens is 362 g/mol. The predicted molar refractivity (Wildman–Crippen MR) is 121 cm³/mol. The van der Waals surface area contributed by atoms with Gasteiger partial charge in [0.1, 0.15) is 11.5 Å². The van der Waals surface area contributed by atoms with Crippen LogP contribution in [0.4, 0.5) is 0 Å². The quantitative estimate of drug-likeness (QED) is 0.168. The summed E-state index contributed by atoms with van der Waals surface area (Å²) in [4.78, 5) is 19.9. The molecule has 0 spiro atoms. The molecule has 158 valence electrons. The Morgan fingerprint density at radius 1 is 1.31 bits per heavy atom. The van der Waals surface area contributed by atoms with E-state index in [9.17, 15) is 9.90 Å². The molecule has 1 saturated heterocycles. The molecule has 0 amide bonds. The van der Waals surface area contributed by atoms with Crippen molar-refractivity contribution < 1.29 is 9.90 Å². The van der Waals surface area contributed by atoms with E-state index in [1.165, 1.54) is 18.4 Å². The maximum atomic E-state index is 11.4. The van der Waals surface area contributed by atoms with Crippen LogP contribution in [0.25, 0.3) is 0 Å². The Kier molecular flexibility index (Phi) is 8.06. The Labute approximate surface area is 175 Å². The van der Waals surface area contributed by atoms with Crippen molar-refractivity contribution in [3.05, 3.63) is 60.2 Å². The van der Waals surface area contributed by atoms with Crippen molar-refractivity contribution in [2.24, 2.45) is 10.4 Å². The monoisotopic (exact) mass is 397 g/mol. The first-order valence-corrected chi connectivity index (χ1v) is 10.5. The van der Waals surface area contributed by atoms with E-state index in [2.05, 4.69) is 43.3 Å². The van der Waals surface area contributed by atoms with Gasteiger partial charge in [-0.05, 0) is 24.8 Å². The summed E-state index contributed by atoms with van der Waals surface area (Å²) in [6.07, 6.45) is 15.2. The first-order valence-electron chi connectivity index (χ1n) is 10.5. The summed E-state index contributed by atoms with van der Waals surface area (Å²) in [6.45, 7) is 11.7. The van der Waals surface area contributed by atoms with E-state index in [4.69, 9.17) is 0 Å². The van der Waals surface area contributed by atoms with Crippen molar-refractivity contribution in [3.8, 4) is 0 Å². The average molecular weight is 398 g/mol. The van der Waals surface area contributed by atoms with Gasteiger partial charge in [-0.25, -0.2) is 0 Å². The minimum absolute atomic E-state index is 0.0265. The Morgan fingerprint density at radius 2 is 2.00 bits per heavy atom. The summed E-state index contributed by atoms with van der Waals surface area (Å²) >= 11 is 0. The highest BCUT2D eigenvalue weighted by molar-refractivity contribution is 5.87. The Hall–Kier alpha value is -2.56. The molecule has 5 heteroatoms. The van der Waals surface area contributed by atoms with Crippen LogP contribution in [0.3, 0.4) is 0 Å². The first kappa shape index (κ1) is 22.7. The van der Waals surface area contributed by atoms with Gasteiger partial charge in [0, 0.05) is 39.0 Å². The van der Waals surface area contributed by atoms with Gasteiger partial charge >= 0.3 is 0 Å². The topological polar surface area (TPSA) is 56.1 Å². The summed E-state index contributed by atoms with van der Waals surface area (Å²) in [7, 11) is 3.69. The molecule has 0 aromatic rings. The molecule has 0 unspecified atom stereocenters. The van der Waals surface area contributed by atoms with Crippen molar-refractivity contribution in [3.63, 3.8) is 0 Å². The molecule has 2 fully saturated rings. The number of piperazine rings is 1. The second-order valence-corrected chi connectivity index (χ2v) is 7.84. The molecule has 29 heavy (non-hydrogen) atoms. The van der Waals surface area contributed by atoms with Crippen LogP contribution in [0, 0.1) is 5.41 Å². The minimum Gasteiger partial charge on any atom is -0.503 e. The van der Waals surface area contributed by atoms with Crippen LogP contribution < -0.4 is 0 Å². The van der Waals surface area contributed by atoms with Gasteiger partial charge in [-0.2, -0.15) is 0 Å². The van der Waals surface area contributed by atoms with E-state index >= 15 is 0 Å². The molecule has 0 radical (unpaired) electrons. The van der Waals surface area contributed by atoms with Crippen LogP contribution in [0.15, 0.2) is 65.2 Å². The third-order valence-electron chi connectivity index (χ3n) is 6.12. The van der Waals surface area contributed by atoms with Crippen molar-refractivity contribution in [1.82, 2.24) is 9.80 Å². The number of aliphatic hydroxyl groups excluding tert-OH is 1. The number of nitrogens with zero attached hydrogens (tertiary/aromatic N) is 3. The summed E-state index contributed by atoms with van der Waals surface area (Å²) in [5, 5.41) is 10.3. The zero-order valence-corrected chi connectivity index (χ0v) is 18.2. The van der Waals surface area contributed by atoms with E-state index in [1.54, 1.807) is 7.05 Å². The number of likely N-dealkylation sites (N-methyl/N-ethyl adjacent to an activating group) is 1. The number of allylic oxidation sites excluding steroid dienone is 6. The second kappa shape index (κ2) is 10.3. The lowest BCUT2D eigenvalue weighted by Crippen LogP contribution is -2.46. The van der Waals surface area contributed by atoms with E-state index in [1.807, 2.05) is 22.9 Å². The average Bonchev–Trinajstić information content (AvgIpc) is 3.20. The third kappa shape index (κ3) is 4.89.